The molecule has 0 atom stereocenters. The number of esters is 1. The number of carbonyl (C=O) groups excluding carboxylic acids is 1. The Hall–Kier alpha value is -2.97. The molecule has 0 saturated heterocycles. The summed E-state index contributed by atoms with van der Waals surface area (Å²) < 4.78 is 33.6. The van der Waals surface area contributed by atoms with E-state index in [-0.39, 0.29) is 12.4 Å². The van der Waals surface area contributed by atoms with Crippen molar-refractivity contribution < 1.29 is 18.3 Å². The molecule has 4 rings (SSSR count). The first kappa shape index (κ1) is 20.8. The predicted molar refractivity (Wildman–Crippen MR) is 107 cm³/mol. The van der Waals surface area contributed by atoms with Crippen LogP contribution in [0.2, 0.25) is 0 Å². The van der Waals surface area contributed by atoms with Crippen LogP contribution in [0.3, 0.4) is 0 Å². The molecule has 0 aliphatic rings. The molecular weight excluding hydrogens is 420 g/mol. The summed E-state index contributed by atoms with van der Waals surface area (Å²) in [4.78, 5) is 12.8. The van der Waals surface area contributed by atoms with Gasteiger partial charge in [0.1, 0.15) is 11.6 Å². The standard InChI is InChI=1S/C20H13F2N3O2S.ClH/c1-27-20(26)13-4-2-3-12(9-13)19-24-23-18-8-6-15(11-25(18)19)28-17-7-5-14(21)10-16(17)22;/h2-11H,1H3;1H. The summed E-state index contributed by atoms with van der Waals surface area (Å²) in [5.74, 6) is -1.16. The zero-order valence-corrected chi connectivity index (χ0v) is 16.6. The molecule has 0 saturated carbocycles. The van der Waals surface area contributed by atoms with Gasteiger partial charge < -0.3 is 4.74 Å². The second-order valence-corrected chi connectivity index (χ2v) is 6.98. The fourth-order valence-electron chi connectivity index (χ4n) is 2.72. The van der Waals surface area contributed by atoms with Gasteiger partial charge in [-0.25, -0.2) is 13.6 Å². The molecule has 0 unspecified atom stereocenters. The van der Waals surface area contributed by atoms with Crippen LogP contribution in [-0.4, -0.2) is 27.7 Å². The van der Waals surface area contributed by atoms with Crippen LogP contribution in [0.25, 0.3) is 17.0 Å². The van der Waals surface area contributed by atoms with Crippen LogP contribution in [0.4, 0.5) is 8.78 Å². The third kappa shape index (κ3) is 4.23. The van der Waals surface area contributed by atoms with Crippen LogP contribution < -0.4 is 0 Å². The molecule has 148 valence electrons. The molecule has 29 heavy (non-hydrogen) atoms. The van der Waals surface area contributed by atoms with Crippen LogP contribution in [0.5, 0.6) is 0 Å². The van der Waals surface area contributed by atoms with Gasteiger partial charge in [-0.05, 0) is 36.4 Å². The van der Waals surface area contributed by atoms with Crippen molar-refractivity contribution in [3.63, 3.8) is 0 Å². The average Bonchev–Trinajstić information content (AvgIpc) is 3.13. The lowest BCUT2D eigenvalue weighted by molar-refractivity contribution is 0.0601. The van der Waals surface area contributed by atoms with Gasteiger partial charge >= 0.3 is 5.97 Å². The number of ether oxygens (including phenoxy) is 1. The van der Waals surface area contributed by atoms with Gasteiger partial charge in [-0.1, -0.05) is 23.9 Å². The highest BCUT2D eigenvalue weighted by Crippen LogP contribution is 2.31. The minimum absolute atomic E-state index is 0. The van der Waals surface area contributed by atoms with Crippen LogP contribution >= 0.6 is 24.2 Å². The van der Waals surface area contributed by atoms with Crippen molar-refractivity contribution in [3.05, 3.63) is 78.0 Å². The molecule has 5 nitrogen and oxygen atoms in total. The molecule has 0 amide bonds. The summed E-state index contributed by atoms with van der Waals surface area (Å²) in [5, 5.41) is 8.33. The number of halogens is 3. The second kappa shape index (κ2) is 8.59. The molecule has 4 aromatic rings. The Labute approximate surface area is 175 Å². The number of fused-ring (bicyclic) bond motifs is 1. The van der Waals surface area contributed by atoms with Crippen LogP contribution in [0, 0.1) is 11.6 Å². The Morgan fingerprint density at radius 2 is 1.90 bits per heavy atom. The Morgan fingerprint density at radius 1 is 1.07 bits per heavy atom. The smallest absolute Gasteiger partial charge is 0.337 e. The van der Waals surface area contributed by atoms with E-state index in [1.807, 2.05) is 6.07 Å². The summed E-state index contributed by atoms with van der Waals surface area (Å²) >= 11 is 1.16. The predicted octanol–water partition coefficient (Wildman–Crippen LogP) is 5.03. The van der Waals surface area contributed by atoms with E-state index in [9.17, 15) is 13.6 Å². The van der Waals surface area contributed by atoms with Crippen molar-refractivity contribution in [2.45, 2.75) is 9.79 Å². The first-order chi connectivity index (χ1) is 13.5. The fourth-order valence-corrected chi connectivity index (χ4v) is 3.56. The van der Waals surface area contributed by atoms with Crippen LogP contribution in [-0.2, 0) is 4.74 Å². The van der Waals surface area contributed by atoms with E-state index >= 15 is 0 Å². The zero-order valence-electron chi connectivity index (χ0n) is 15.0. The molecule has 9 heteroatoms. The van der Waals surface area contributed by atoms with Gasteiger partial charge in [0.25, 0.3) is 0 Å². The summed E-state index contributed by atoms with van der Waals surface area (Å²) in [6.07, 6.45) is 1.77. The van der Waals surface area contributed by atoms with E-state index < -0.39 is 17.6 Å². The maximum absolute atomic E-state index is 14.0. The van der Waals surface area contributed by atoms with E-state index in [0.717, 1.165) is 22.7 Å². The first-order valence-electron chi connectivity index (χ1n) is 8.21. The third-order valence-corrected chi connectivity index (χ3v) is 5.07. The minimum atomic E-state index is -0.625. The number of hydrogen-bond acceptors (Lipinski definition) is 5. The van der Waals surface area contributed by atoms with Crippen molar-refractivity contribution in [2.75, 3.05) is 7.11 Å². The van der Waals surface area contributed by atoms with Gasteiger partial charge in [0.2, 0.25) is 0 Å². The van der Waals surface area contributed by atoms with E-state index in [1.165, 1.54) is 19.2 Å². The zero-order chi connectivity index (χ0) is 19.7. The number of rotatable bonds is 4. The molecule has 0 radical (unpaired) electrons. The Bertz CT molecular complexity index is 1200. The number of hydrogen-bond donors (Lipinski definition) is 0. The highest BCUT2D eigenvalue weighted by Gasteiger charge is 2.13. The van der Waals surface area contributed by atoms with Crippen LogP contribution in [0.1, 0.15) is 10.4 Å². The molecule has 0 fully saturated rings. The van der Waals surface area contributed by atoms with Crippen molar-refractivity contribution in [1.29, 1.82) is 0 Å². The number of nitrogens with zero attached hydrogens (tertiary/aromatic N) is 3. The lowest BCUT2D eigenvalue weighted by Gasteiger charge is -2.06. The minimum Gasteiger partial charge on any atom is -0.465 e. The lowest BCUT2D eigenvalue weighted by atomic mass is 10.1. The SMILES string of the molecule is COC(=O)c1cccc(-c2nnc3ccc(Sc4ccc(F)cc4F)cn23)c1.Cl. The maximum atomic E-state index is 14.0. The van der Waals surface area contributed by atoms with E-state index in [1.54, 1.807) is 40.9 Å². The Balaban J connectivity index is 0.00000240. The van der Waals surface area contributed by atoms with Gasteiger partial charge in [0, 0.05) is 27.6 Å². The van der Waals surface area contributed by atoms with Crippen molar-refractivity contribution >= 4 is 35.8 Å². The summed E-state index contributed by atoms with van der Waals surface area (Å²) in [5.41, 5.74) is 1.68. The van der Waals surface area contributed by atoms with Crippen LogP contribution in [0.15, 0.2) is 70.6 Å². The summed E-state index contributed by atoms with van der Waals surface area (Å²) in [6.45, 7) is 0. The normalized spacial score (nSPS) is 10.6. The van der Waals surface area contributed by atoms with E-state index in [4.69, 9.17) is 4.74 Å². The first-order valence-corrected chi connectivity index (χ1v) is 9.03. The molecule has 0 spiro atoms. The van der Waals surface area contributed by atoms with Gasteiger partial charge in [0.05, 0.1) is 12.7 Å². The quantitative estimate of drug-likeness (QED) is 0.422. The molecule has 0 aliphatic heterocycles. The number of carbonyl (C=O) groups is 1. The number of methoxy groups -OCH3 is 1. The van der Waals surface area contributed by atoms with Gasteiger partial charge in [0.15, 0.2) is 11.5 Å². The second-order valence-electron chi connectivity index (χ2n) is 5.87. The van der Waals surface area contributed by atoms with Gasteiger partial charge in [-0.3, -0.25) is 4.40 Å². The van der Waals surface area contributed by atoms with Crippen molar-refractivity contribution in [1.82, 2.24) is 14.6 Å². The van der Waals surface area contributed by atoms with Gasteiger partial charge in [-0.15, -0.1) is 22.6 Å². The molecule has 2 aromatic carbocycles. The van der Waals surface area contributed by atoms with Crippen molar-refractivity contribution in [2.24, 2.45) is 0 Å². The molecule has 0 bridgehead atoms. The third-order valence-electron chi connectivity index (χ3n) is 4.04. The molecular formula is C20H14ClF2N3O2S. The number of benzene rings is 2. The summed E-state index contributed by atoms with van der Waals surface area (Å²) in [7, 11) is 1.32. The monoisotopic (exact) mass is 433 g/mol. The Morgan fingerprint density at radius 3 is 2.66 bits per heavy atom. The maximum Gasteiger partial charge on any atom is 0.337 e. The highest BCUT2D eigenvalue weighted by atomic mass is 35.5. The fraction of sp³-hybridized carbons (Fsp3) is 0.0500. The highest BCUT2D eigenvalue weighted by molar-refractivity contribution is 7.99. The molecule has 0 aliphatic carbocycles. The number of aromatic nitrogens is 3. The summed E-state index contributed by atoms with van der Waals surface area (Å²) in [6, 6.07) is 13.9. The lowest BCUT2D eigenvalue weighted by Crippen LogP contribution is -2.01. The Kier molecular flexibility index (Phi) is 6.14. The van der Waals surface area contributed by atoms with Crippen molar-refractivity contribution in [3.8, 4) is 11.4 Å². The number of pyridine rings is 1. The molecule has 2 heterocycles. The topological polar surface area (TPSA) is 56.5 Å². The molecule has 2 aromatic heterocycles. The molecule has 0 N–H and O–H groups in total. The average molecular weight is 434 g/mol. The largest absolute Gasteiger partial charge is 0.465 e. The van der Waals surface area contributed by atoms with E-state index in [2.05, 4.69) is 10.2 Å². The van der Waals surface area contributed by atoms with E-state index in [0.29, 0.717) is 27.5 Å². The van der Waals surface area contributed by atoms with Gasteiger partial charge in [-0.2, -0.15) is 0 Å².